The van der Waals surface area contributed by atoms with Gasteiger partial charge in [0.15, 0.2) is 17.3 Å². The minimum atomic E-state index is -2.77. The third-order valence-corrected chi connectivity index (χ3v) is 10.8. The maximum Gasteiger partial charge on any atom is 0.349 e. The second-order valence-corrected chi connectivity index (χ2v) is 13.3. The number of Topliss-reactive ketones (excluding diaryl/α,β-unsaturated/α-hetero) is 1. The van der Waals surface area contributed by atoms with Crippen molar-refractivity contribution < 1.29 is 52.0 Å². The summed E-state index contributed by atoms with van der Waals surface area (Å²) in [4.78, 5) is 51.0. The van der Waals surface area contributed by atoms with Crippen molar-refractivity contribution in [2.45, 2.75) is 122 Å². The fourth-order valence-corrected chi connectivity index (χ4v) is 8.73. The average molecular weight is 613 g/mol. The quantitative estimate of drug-likeness (QED) is 0.232. The van der Waals surface area contributed by atoms with Gasteiger partial charge < -0.3 is 19.7 Å². The van der Waals surface area contributed by atoms with Crippen molar-refractivity contribution in [1.29, 1.82) is 0 Å². The van der Waals surface area contributed by atoms with Crippen LogP contribution in [0, 0.1) is 28.6 Å². The highest BCUT2D eigenvalue weighted by molar-refractivity contribution is 6.08. The number of alkyl halides is 2. The van der Waals surface area contributed by atoms with Crippen LogP contribution in [-0.2, 0) is 28.7 Å². The number of hydrogen-bond donors (Lipinski definition) is 2. The maximum absolute atomic E-state index is 17.8. The van der Waals surface area contributed by atoms with Crippen molar-refractivity contribution in [1.82, 2.24) is 0 Å². The predicted molar refractivity (Wildman–Crippen MR) is 148 cm³/mol. The number of aliphatic carboxylic acids is 1. The average Bonchev–Trinajstić information content (AvgIpc) is 3.14. The molecule has 4 aliphatic carbocycles. The number of carbonyl (C=O) groups is 4. The minimum absolute atomic E-state index is 0.0190. The molecule has 0 bridgehead atoms. The number of esters is 2. The van der Waals surface area contributed by atoms with Crippen molar-refractivity contribution in [3.63, 3.8) is 0 Å². The summed E-state index contributed by atoms with van der Waals surface area (Å²) in [6.45, 7) is 8.07. The van der Waals surface area contributed by atoms with Crippen LogP contribution in [0.1, 0.15) is 98.8 Å². The fourth-order valence-electron chi connectivity index (χ4n) is 8.73. The van der Waals surface area contributed by atoms with Crippen molar-refractivity contribution in [2.75, 3.05) is 0 Å². The molecule has 0 unspecified atom stereocenters. The van der Waals surface area contributed by atoms with Crippen LogP contribution in [0.15, 0.2) is 23.2 Å². The smallest absolute Gasteiger partial charge is 0.349 e. The molecule has 4 aliphatic rings. The van der Waals surface area contributed by atoms with Gasteiger partial charge in [0, 0.05) is 35.7 Å². The molecule has 0 aliphatic heterocycles. The van der Waals surface area contributed by atoms with E-state index in [-0.39, 0.29) is 19.3 Å². The normalized spacial score (nSPS) is 40.3. The largest absolute Gasteiger partial charge is 0.478 e. The van der Waals surface area contributed by atoms with Crippen molar-refractivity contribution in [2.24, 2.45) is 28.6 Å². The first-order valence-electron chi connectivity index (χ1n) is 15.4. The van der Waals surface area contributed by atoms with Crippen molar-refractivity contribution in [3.8, 4) is 0 Å². The Labute approximate surface area is 250 Å². The van der Waals surface area contributed by atoms with Gasteiger partial charge in [-0.05, 0) is 51.0 Å². The Hall–Kier alpha value is -2.69. The lowest BCUT2D eigenvalue weighted by molar-refractivity contribution is -0.237. The lowest BCUT2D eigenvalue weighted by Crippen LogP contribution is -2.71. The van der Waals surface area contributed by atoms with E-state index in [1.165, 1.54) is 13.8 Å². The molecular formula is C32H43F3O8. The predicted octanol–water partition coefficient (Wildman–Crippen LogP) is 5.86. The third kappa shape index (κ3) is 4.75. The highest BCUT2D eigenvalue weighted by atomic mass is 19.2. The van der Waals surface area contributed by atoms with Crippen LogP contribution in [0.25, 0.3) is 0 Å². The van der Waals surface area contributed by atoms with Crippen LogP contribution >= 0.6 is 0 Å². The van der Waals surface area contributed by atoms with Gasteiger partial charge in [-0.2, -0.15) is 0 Å². The molecular weight excluding hydrogens is 569 g/mol. The Morgan fingerprint density at radius 3 is 2.26 bits per heavy atom. The fraction of sp³-hybridized carbons (Fsp3) is 0.750. The Kier molecular flexibility index (Phi) is 9.01. The molecule has 0 radical (unpaired) electrons. The number of aliphatic hydroxyl groups is 1. The summed E-state index contributed by atoms with van der Waals surface area (Å²) >= 11 is 0. The number of allylic oxidation sites excluding steroid dienone is 3. The SMILES string of the molecule is CCCCCC(=O)OC1=C[C@@]2(C)C(=C(F)C1=O)[C@@H](F)C[C@H]1[C@@H]3C[C@@H](C)[C@@](OC(=O)CCCC)(C(=O)O)[C@@]3(C)C[C@H](O)[C@@]12F. The van der Waals surface area contributed by atoms with Gasteiger partial charge in [-0.25, -0.2) is 18.0 Å². The third-order valence-electron chi connectivity index (χ3n) is 10.8. The van der Waals surface area contributed by atoms with Gasteiger partial charge in [-0.15, -0.1) is 0 Å². The molecule has 0 heterocycles. The van der Waals surface area contributed by atoms with Crippen molar-refractivity contribution >= 4 is 23.7 Å². The molecule has 240 valence electrons. The molecule has 0 aromatic heterocycles. The number of carboxylic acids is 1. The monoisotopic (exact) mass is 612 g/mol. The van der Waals surface area contributed by atoms with Gasteiger partial charge in [-0.1, -0.05) is 47.0 Å². The number of carbonyl (C=O) groups excluding carboxylic acids is 3. The van der Waals surface area contributed by atoms with Gasteiger partial charge in [0.1, 0.15) is 6.17 Å². The number of fused-ring (bicyclic) bond motifs is 5. The van der Waals surface area contributed by atoms with Crippen LogP contribution in [0.2, 0.25) is 0 Å². The van der Waals surface area contributed by atoms with Gasteiger partial charge in [0.2, 0.25) is 5.60 Å². The second-order valence-electron chi connectivity index (χ2n) is 13.3. The minimum Gasteiger partial charge on any atom is -0.478 e. The number of halogens is 3. The Morgan fingerprint density at radius 1 is 1.02 bits per heavy atom. The van der Waals surface area contributed by atoms with Gasteiger partial charge in [0.25, 0.3) is 5.78 Å². The summed E-state index contributed by atoms with van der Waals surface area (Å²) in [6.07, 6.45) is -1.20. The first-order valence-corrected chi connectivity index (χ1v) is 15.4. The number of aliphatic hydroxyl groups excluding tert-OH is 1. The molecule has 43 heavy (non-hydrogen) atoms. The van der Waals surface area contributed by atoms with Gasteiger partial charge in [-0.3, -0.25) is 14.4 Å². The number of hydrogen-bond acceptors (Lipinski definition) is 7. The highest BCUT2D eigenvalue weighted by Crippen LogP contribution is 2.72. The summed E-state index contributed by atoms with van der Waals surface area (Å²) in [6, 6.07) is 0. The van der Waals surface area contributed by atoms with Gasteiger partial charge >= 0.3 is 17.9 Å². The maximum atomic E-state index is 17.8. The van der Waals surface area contributed by atoms with Crippen LogP contribution in [0.4, 0.5) is 13.2 Å². The lowest BCUT2D eigenvalue weighted by atomic mass is 9.44. The van der Waals surface area contributed by atoms with E-state index in [0.29, 0.717) is 25.7 Å². The molecule has 0 spiro atoms. The molecule has 4 rings (SSSR count). The zero-order chi connectivity index (χ0) is 32.1. The first-order chi connectivity index (χ1) is 20.1. The van der Waals surface area contributed by atoms with E-state index >= 15 is 13.2 Å². The Morgan fingerprint density at radius 2 is 1.65 bits per heavy atom. The summed E-state index contributed by atoms with van der Waals surface area (Å²) in [5, 5.41) is 22.1. The molecule has 11 heteroatoms. The van der Waals surface area contributed by atoms with E-state index in [1.54, 1.807) is 6.92 Å². The molecule has 2 N–H and O–H groups in total. The summed E-state index contributed by atoms with van der Waals surface area (Å²) in [5.41, 5.74) is -9.38. The molecule has 8 nitrogen and oxygen atoms in total. The zero-order valence-corrected chi connectivity index (χ0v) is 25.5. The Balaban J connectivity index is 1.79. The topological polar surface area (TPSA) is 127 Å². The van der Waals surface area contributed by atoms with E-state index < -0.39 is 106 Å². The molecule has 3 fully saturated rings. The lowest BCUT2D eigenvalue weighted by Gasteiger charge is -2.62. The van der Waals surface area contributed by atoms with E-state index in [1.807, 2.05) is 13.8 Å². The second kappa shape index (κ2) is 11.7. The van der Waals surface area contributed by atoms with Crippen LogP contribution in [0.5, 0.6) is 0 Å². The summed E-state index contributed by atoms with van der Waals surface area (Å²) < 4.78 is 60.4. The summed E-state index contributed by atoms with van der Waals surface area (Å²) in [7, 11) is 0. The number of unbranched alkanes of at least 4 members (excludes halogenated alkanes) is 3. The van der Waals surface area contributed by atoms with Crippen LogP contribution in [-0.4, -0.2) is 57.4 Å². The number of ketones is 1. The molecule has 0 amide bonds. The number of rotatable bonds is 10. The highest BCUT2D eigenvalue weighted by Gasteiger charge is 2.79. The van der Waals surface area contributed by atoms with E-state index in [4.69, 9.17) is 9.47 Å². The van der Waals surface area contributed by atoms with Crippen LogP contribution in [0.3, 0.4) is 0 Å². The molecule has 9 atom stereocenters. The van der Waals surface area contributed by atoms with E-state index in [0.717, 1.165) is 12.5 Å². The number of ether oxygens (including phenoxy) is 2. The van der Waals surface area contributed by atoms with Crippen LogP contribution < -0.4 is 0 Å². The van der Waals surface area contributed by atoms with Crippen molar-refractivity contribution in [3.05, 3.63) is 23.2 Å². The molecule has 3 saturated carbocycles. The van der Waals surface area contributed by atoms with E-state index in [2.05, 4.69) is 0 Å². The summed E-state index contributed by atoms with van der Waals surface area (Å²) in [5.74, 6) is -9.72. The first kappa shape index (κ1) is 33.2. The Bertz CT molecular complexity index is 1250. The van der Waals surface area contributed by atoms with E-state index in [9.17, 15) is 29.4 Å². The molecule has 0 aromatic rings. The zero-order valence-electron chi connectivity index (χ0n) is 25.5. The molecule has 0 aromatic carbocycles. The van der Waals surface area contributed by atoms with Gasteiger partial charge in [0.05, 0.1) is 11.5 Å². The number of carboxylic acid groups (broad SMARTS) is 1. The standard InChI is InChI=1S/C32H43F3O8/c1-6-8-10-12-23(37)42-21-15-30(5)25(26(34)27(21)39)20(33)14-19-18-13-17(3)32(28(40)41,43-24(38)11-9-7-2)29(18,4)16-22(36)31(19,30)35/h15,17-20,22,36H,6-14,16H2,1-5H3,(H,40,41)/t17-,18+,19+,20+,22+,29+,30+,31+,32-/m1/s1. The molecule has 0 saturated heterocycles.